The number of halogens is 1. The average Bonchev–Trinajstić information content (AvgIpc) is 2.97. The first kappa shape index (κ1) is 31.3. The Morgan fingerprint density at radius 2 is 1.52 bits per heavy atom. The molecule has 216 valence electrons. The van der Waals surface area contributed by atoms with Crippen LogP contribution in [0.3, 0.4) is 0 Å². The fourth-order valence-corrected chi connectivity index (χ4v) is 4.44. The van der Waals surface area contributed by atoms with Gasteiger partial charge in [-0.3, -0.25) is 0 Å². The van der Waals surface area contributed by atoms with E-state index in [1.165, 1.54) is 75.9 Å². The highest BCUT2D eigenvalue weighted by molar-refractivity contribution is 5.91. The maximum atomic E-state index is 14.7. The molecule has 0 aliphatic carbocycles. The van der Waals surface area contributed by atoms with Gasteiger partial charge >= 0.3 is 5.97 Å². The predicted octanol–water partition coefficient (Wildman–Crippen LogP) is 9.39. The van der Waals surface area contributed by atoms with Gasteiger partial charge in [-0.05, 0) is 60.7 Å². The van der Waals surface area contributed by atoms with Crippen LogP contribution >= 0.6 is 0 Å². The lowest BCUT2D eigenvalue weighted by Gasteiger charge is -2.11. The summed E-state index contributed by atoms with van der Waals surface area (Å²) < 4.78 is 25.8. The van der Waals surface area contributed by atoms with Crippen LogP contribution in [0.15, 0.2) is 54.9 Å². The Balaban J connectivity index is 1.42. The van der Waals surface area contributed by atoms with Crippen molar-refractivity contribution in [1.82, 2.24) is 9.97 Å². The molecule has 5 nitrogen and oxygen atoms in total. The van der Waals surface area contributed by atoms with Crippen LogP contribution < -0.4 is 9.47 Å². The molecular formula is C34H45FN2O3. The number of carbonyl (C=O) groups excluding carboxylic acids is 1. The summed E-state index contributed by atoms with van der Waals surface area (Å²) >= 11 is 0. The van der Waals surface area contributed by atoms with E-state index < -0.39 is 11.8 Å². The normalized spacial score (nSPS) is 11.8. The molecule has 0 saturated heterocycles. The van der Waals surface area contributed by atoms with Crippen LogP contribution in [-0.2, 0) is 6.42 Å². The van der Waals surface area contributed by atoms with E-state index in [1.54, 1.807) is 6.07 Å². The zero-order valence-corrected chi connectivity index (χ0v) is 24.5. The van der Waals surface area contributed by atoms with E-state index >= 15 is 0 Å². The lowest BCUT2D eigenvalue weighted by Crippen LogP contribution is -2.12. The molecule has 0 N–H and O–H groups in total. The molecule has 6 heteroatoms. The molecule has 0 bridgehead atoms. The molecule has 1 heterocycles. The number of rotatable bonds is 18. The molecule has 0 saturated carbocycles. The molecule has 0 aliphatic rings. The SMILES string of the molecule is CCCCCCCCCCCCc1ccc(C(=O)Oc2cnc(-c3ccc(OCC(C)CC)cc3)cn2)c(F)c1. The molecule has 0 aliphatic heterocycles. The highest BCUT2D eigenvalue weighted by Crippen LogP contribution is 2.22. The van der Waals surface area contributed by atoms with E-state index in [9.17, 15) is 9.18 Å². The minimum Gasteiger partial charge on any atom is -0.493 e. The van der Waals surface area contributed by atoms with Gasteiger partial charge in [0.15, 0.2) is 0 Å². The second-order valence-corrected chi connectivity index (χ2v) is 10.7. The highest BCUT2D eigenvalue weighted by atomic mass is 19.1. The second-order valence-electron chi connectivity index (χ2n) is 10.7. The van der Waals surface area contributed by atoms with Crippen LogP contribution in [-0.4, -0.2) is 22.5 Å². The molecule has 0 amide bonds. The number of ether oxygens (including phenoxy) is 2. The molecule has 1 unspecified atom stereocenters. The van der Waals surface area contributed by atoms with E-state index in [2.05, 4.69) is 30.7 Å². The van der Waals surface area contributed by atoms with Gasteiger partial charge in [0.05, 0.1) is 30.3 Å². The Bertz CT molecular complexity index is 1150. The summed E-state index contributed by atoms with van der Waals surface area (Å²) in [5.41, 5.74) is 2.29. The summed E-state index contributed by atoms with van der Waals surface area (Å²) in [7, 11) is 0. The molecular weight excluding hydrogens is 503 g/mol. The number of aromatic nitrogens is 2. The van der Waals surface area contributed by atoms with Crippen molar-refractivity contribution in [2.75, 3.05) is 6.61 Å². The van der Waals surface area contributed by atoms with Gasteiger partial charge in [-0.15, -0.1) is 0 Å². The third-order valence-corrected chi connectivity index (χ3v) is 7.28. The minimum absolute atomic E-state index is 0.0242. The van der Waals surface area contributed by atoms with Crippen molar-refractivity contribution in [2.24, 2.45) is 5.92 Å². The summed E-state index contributed by atoms with van der Waals surface area (Å²) in [4.78, 5) is 21.1. The molecule has 0 radical (unpaired) electrons. The van der Waals surface area contributed by atoms with Crippen molar-refractivity contribution in [3.05, 3.63) is 71.8 Å². The summed E-state index contributed by atoms with van der Waals surface area (Å²) in [5, 5.41) is 0. The fourth-order valence-electron chi connectivity index (χ4n) is 4.44. The lowest BCUT2D eigenvalue weighted by atomic mass is 10.0. The summed E-state index contributed by atoms with van der Waals surface area (Å²) in [6.07, 6.45) is 17.4. The van der Waals surface area contributed by atoms with Crippen molar-refractivity contribution in [2.45, 2.75) is 97.8 Å². The van der Waals surface area contributed by atoms with Crippen LogP contribution in [0.25, 0.3) is 11.3 Å². The number of benzene rings is 2. The Kier molecular flexibility index (Phi) is 13.6. The van der Waals surface area contributed by atoms with E-state index in [0.29, 0.717) is 18.2 Å². The minimum atomic E-state index is -0.784. The van der Waals surface area contributed by atoms with E-state index in [0.717, 1.165) is 42.6 Å². The number of nitrogens with zero attached hydrogens (tertiary/aromatic N) is 2. The van der Waals surface area contributed by atoms with E-state index in [4.69, 9.17) is 9.47 Å². The molecule has 40 heavy (non-hydrogen) atoms. The number of esters is 1. The Hall–Kier alpha value is -3.28. The zero-order chi connectivity index (χ0) is 28.6. The third-order valence-electron chi connectivity index (χ3n) is 7.28. The van der Waals surface area contributed by atoms with Crippen LogP contribution in [0.4, 0.5) is 4.39 Å². The topological polar surface area (TPSA) is 61.3 Å². The predicted molar refractivity (Wildman–Crippen MR) is 159 cm³/mol. The van der Waals surface area contributed by atoms with Crippen LogP contribution in [0, 0.1) is 11.7 Å². The van der Waals surface area contributed by atoms with Gasteiger partial charge in [0, 0.05) is 5.56 Å². The number of aryl methyl sites for hydroxylation is 1. The van der Waals surface area contributed by atoms with Gasteiger partial charge in [0.2, 0.25) is 5.88 Å². The summed E-state index contributed by atoms with van der Waals surface area (Å²) in [6.45, 7) is 7.22. The number of unbranched alkanes of at least 4 members (excludes halogenated alkanes) is 9. The van der Waals surface area contributed by atoms with E-state index in [-0.39, 0.29) is 11.4 Å². The average molecular weight is 549 g/mol. The van der Waals surface area contributed by atoms with E-state index in [1.807, 2.05) is 24.3 Å². The zero-order valence-electron chi connectivity index (χ0n) is 24.5. The number of hydrogen-bond acceptors (Lipinski definition) is 5. The van der Waals surface area contributed by atoms with Crippen molar-refractivity contribution in [3.8, 4) is 22.9 Å². The fraction of sp³-hybridized carbons (Fsp3) is 0.500. The Morgan fingerprint density at radius 3 is 2.12 bits per heavy atom. The van der Waals surface area contributed by atoms with Gasteiger partial charge in [0.1, 0.15) is 11.6 Å². The molecule has 1 aromatic heterocycles. The summed E-state index contributed by atoms with van der Waals surface area (Å²) in [5.74, 6) is -0.0283. The van der Waals surface area contributed by atoms with Crippen LogP contribution in [0.2, 0.25) is 0 Å². The first-order chi connectivity index (χ1) is 19.5. The quantitative estimate of drug-likeness (QED) is 0.117. The van der Waals surface area contributed by atoms with Crippen LogP contribution in [0.1, 0.15) is 107 Å². The van der Waals surface area contributed by atoms with Gasteiger partial charge in [-0.1, -0.05) is 91.0 Å². The number of hydrogen-bond donors (Lipinski definition) is 0. The van der Waals surface area contributed by atoms with Gasteiger partial charge in [-0.25, -0.2) is 19.2 Å². The second kappa shape index (κ2) is 17.4. The van der Waals surface area contributed by atoms with Crippen LogP contribution in [0.5, 0.6) is 11.6 Å². The largest absolute Gasteiger partial charge is 0.493 e. The maximum absolute atomic E-state index is 14.7. The molecule has 0 fully saturated rings. The molecule has 3 rings (SSSR count). The smallest absolute Gasteiger partial charge is 0.347 e. The van der Waals surface area contributed by atoms with Gasteiger partial charge < -0.3 is 9.47 Å². The monoisotopic (exact) mass is 548 g/mol. The van der Waals surface area contributed by atoms with Crippen molar-refractivity contribution in [1.29, 1.82) is 0 Å². The number of carbonyl (C=O) groups is 1. The Morgan fingerprint density at radius 1 is 0.850 bits per heavy atom. The highest BCUT2D eigenvalue weighted by Gasteiger charge is 2.16. The molecule has 2 aromatic carbocycles. The maximum Gasteiger partial charge on any atom is 0.347 e. The standard InChI is InChI=1S/C34H45FN2O3/c1-4-6-7-8-9-10-11-12-13-14-15-27-16-21-30(31(35)22-27)34(38)40-33-24-36-32(23-37-33)28-17-19-29(20-18-28)39-25-26(3)5-2/h16-24,26H,4-15,25H2,1-3H3. The van der Waals surface area contributed by atoms with Gasteiger partial charge in [0.25, 0.3) is 0 Å². The van der Waals surface area contributed by atoms with Crippen molar-refractivity contribution in [3.63, 3.8) is 0 Å². The third kappa shape index (κ3) is 10.7. The first-order valence-electron chi connectivity index (χ1n) is 15.1. The molecule has 0 spiro atoms. The van der Waals surface area contributed by atoms with Crippen molar-refractivity contribution >= 4 is 5.97 Å². The van der Waals surface area contributed by atoms with Crippen molar-refractivity contribution < 1.29 is 18.7 Å². The first-order valence-corrected chi connectivity index (χ1v) is 15.1. The van der Waals surface area contributed by atoms with Gasteiger partial charge in [-0.2, -0.15) is 0 Å². The molecule has 1 atom stereocenters. The molecule has 3 aromatic rings. The summed E-state index contributed by atoms with van der Waals surface area (Å²) in [6, 6.07) is 12.4. The Labute approximate surface area is 239 Å². The lowest BCUT2D eigenvalue weighted by molar-refractivity contribution is 0.0722.